The number of amidine groups is 1. The van der Waals surface area contributed by atoms with E-state index in [9.17, 15) is 34.8 Å². The second-order valence-corrected chi connectivity index (χ2v) is 11.5. The third kappa shape index (κ3) is 4.95. The fourth-order valence-electron chi connectivity index (χ4n) is 4.78. The van der Waals surface area contributed by atoms with Gasteiger partial charge in [0.1, 0.15) is 18.4 Å². The Hall–Kier alpha value is -4.88. The number of carboxylic acid groups (broad SMARTS) is 1. The number of nitrogens with zero attached hydrogens (tertiary/aromatic N) is 4. The number of amides is 3. The smallest absolute Gasteiger partial charge is 0.352 e. The van der Waals surface area contributed by atoms with Crippen molar-refractivity contribution in [2.24, 2.45) is 10.7 Å². The molecular formula is C27H25N7O5S. The minimum Gasteiger partial charge on any atom is -0.478 e. The van der Waals surface area contributed by atoms with Crippen LogP contribution in [-0.4, -0.2) is 61.9 Å². The fourth-order valence-corrected chi connectivity index (χ4v) is 6.47. The molecule has 40 heavy (non-hydrogen) atoms. The van der Waals surface area contributed by atoms with E-state index in [4.69, 9.17) is 5.73 Å². The quantitative estimate of drug-likeness (QED) is 0.206. The first kappa shape index (κ1) is 28.1. The lowest BCUT2D eigenvalue weighted by molar-refractivity contribution is -0.173. The average Bonchev–Trinajstić information content (AvgIpc) is 3.11. The van der Waals surface area contributed by atoms with Crippen LogP contribution < -0.4 is 16.4 Å². The summed E-state index contributed by atoms with van der Waals surface area (Å²) in [6.45, 7) is 2.79. The number of thioether (sulfide) groups is 1. The van der Waals surface area contributed by atoms with Gasteiger partial charge in [-0.05, 0) is 37.6 Å². The molecule has 2 fully saturated rings. The van der Waals surface area contributed by atoms with E-state index in [0.29, 0.717) is 5.56 Å². The first-order valence-electron chi connectivity index (χ1n) is 12.1. The molecule has 0 saturated carbocycles. The summed E-state index contributed by atoms with van der Waals surface area (Å²) in [5, 5.41) is 33.4. The molecule has 2 aromatic carbocycles. The van der Waals surface area contributed by atoms with Crippen LogP contribution in [-0.2, 0) is 19.2 Å². The molecule has 3 amide bonds. The van der Waals surface area contributed by atoms with Crippen molar-refractivity contribution in [1.82, 2.24) is 15.5 Å². The number of carboxylic acids is 1. The van der Waals surface area contributed by atoms with Crippen LogP contribution in [0.25, 0.3) is 0 Å². The Morgan fingerprint density at radius 2 is 1.80 bits per heavy atom. The van der Waals surface area contributed by atoms with Gasteiger partial charge in [0.2, 0.25) is 23.4 Å². The zero-order valence-corrected chi connectivity index (χ0v) is 22.4. The van der Waals surface area contributed by atoms with Crippen LogP contribution in [0.3, 0.4) is 0 Å². The fraction of sp³-hybridized carbons (Fsp3) is 0.296. The van der Waals surface area contributed by atoms with Crippen LogP contribution >= 0.6 is 11.8 Å². The van der Waals surface area contributed by atoms with Crippen LogP contribution in [0, 0.1) is 22.7 Å². The highest BCUT2D eigenvalue weighted by Crippen LogP contribution is 2.55. The third-order valence-electron chi connectivity index (χ3n) is 6.76. The highest BCUT2D eigenvalue weighted by atomic mass is 32.2. The summed E-state index contributed by atoms with van der Waals surface area (Å²) in [6.07, 6.45) is 0.171. The van der Waals surface area contributed by atoms with Crippen LogP contribution in [0.2, 0.25) is 0 Å². The summed E-state index contributed by atoms with van der Waals surface area (Å²) in [4.78, 5) is 56.9. The van der Waals surface area contributed by atoms with Gasteiger partial charge in [0.15, 0.2) is 0 Å². The molecular weight excluding hydrogens is 534 g/mol. The van der Waals surface area contributed by atoms with E-state index in [-0.39, 0.29) is 34.3 Å². The van der Waals surface area contributed by atoms with Gasteiger partial charge in [0, 0.05) is 5.56 Å². The molecule has 5 N–H and O–H groups in total. The van der Waals surface area contributed by atoms with Crippen molar-refractivity contribution in [3.63, 3.8) is 0 Å². The van der Waals surface area contributed by atoms with Gasteiger partial charge in [0.25, 0.3) is 0 Å². The highest BCUT2D eigenvalue weighted by molar-refractivity contribution is 8.01. The van der Waals surface area contributed by atoms with E-state index in [1.165, 1.54) is 34.9 Å². The van der Waals surface area contributed by atoms with E-state index >= 15 is 0 Å². The lowest BCUT2D eigenvalue weighted by Gasteiger charge is -2.46. The number of benzene rings is 2. The Balaban J connectivity index is 1.58. The van der Waals surface area contributed by atoms with Crippen LogP contribution in [0.4, 0.5) is 0 Å². The summed E-state index contributed by atoms with van der Waals surface area (Å²) in [5.74, 6) is -3.41. The van der Waals surface area contributed by atoms with Crippen LogP contribution in [0.5, 0.6) is 0 Å². The molecule has 0 bridgehead atoms. The number of nitrogens with two attached hydrogens (primary N) is 1. The number of nitrogens with one attached hydrogen (secondary N) is 2. The van der Waals surface area contributed by atoms with Crippen LogP contribution in [0.15, 0.2) is 53.5 Å². The van der Waals surface area contributed by atoms with E-state index < -0.39 is 46.7 Å². The number of hydrogen-bond donors (Lipinski definition) is 4. The summed E-state index contributed by atoms with van der Waals surface area (Å²) in [5.41, 5.74) is 5.01. The van der Waals surface area contributed by atoms with E-state index in [2.05, 4.69) is 15.6 Å². The van der Waals surface area contributed by atoms with Crippen molar-refractivity contribution in [1.29, 1.82) is 10.5 Å². The third-order valence-corrected chi connectivity index (χ3v) is 8.30. The summed E-state index contributed by atoms with van der Waals surface area (Å²) in [6, 6.07) is 15.0. The molecule has 2 aliphatic heterocycles. The molecule has 2 aliphatic rings. The first-order valence-corrected chi connectivity index (χ1v) is 13.0. The Morgan fingerprint density at radius 1 is 1.18 bits per heavy atom. The van der Waals surface area contributed by atoms with Crippen molar-refractivity contribution in [2.45, 2.75) is 42.1 Å². The number of aliphatic carboxylic acids is 1. The number of nitriles is 2. The zero-order valence-electron chi connectivity index (χ0n) is 21.5. The van der Waals surface area contributed by atoms with Crippen molar-refractivity contribution >= 4 is 41.3 Å². The summed E-state index contributed by atoms with van der Waals surface area (Å²) in [7, 11) is 0. The SMILES string of the molecule is CC1(C)S[C@@H]2CC(=O)N2[C@@]1(NC(=O)C(NC(=O)CN=C(N)c1cc(C#N)cc(C#N)c1)c1ccccc1)C(=O)O. The van der Waals surface area contributed by atoms with E-state index in [1.807, 2.05) is 12.1 Å². The van der Waals surface area contributed by atoms with Gasteiger partial charge in [-0.15, -0.1) is 11.8 Å². The van der Waals surface area contributed by atoms with Gasteiger partial charge < -0.3 is 21.5 Å². The molecule has 0 aliphatic carbocycles. The number of rotatable bonds is 8. The number of carbonyl (C=O) groups is 4. The molecule has 2 saturated heterocycles. The average molecular weight is 560 g/mol. The molecule has 0 radical (unpaired) electrons. The molecule has 2 heterocycles. The number of aliphatic imine (C=N–C) groups is 1. The number of hydrogen-bond acceptors (Lipinski definition) is 8. The minimum absolute atomic E-state index is 0.0960. The molecule has 12 nitrogen and oxygen atoms in total. The normalized spacial score (nSPS) is 21.7. The molecule has 0 aromatic heterocycles. The summed E-state index contributed by atoms with van der Waals surface area (Å²) >= 11 is 1.28. The number of β-lactam (4-membered cyclic amide) rings is 1. The molecule has 1 unspecified atom stereocenters. The second-order valence-electron chi connectivity index (χ2n) is 9.69. The maximum absolute atomic E-state index is 13.7. The van der Waals surface area contributed by atoms with Gasteiger partial charge in [-0.25, -0.2) is 4.79 Å². The standard InChI is InChI=1S/C27H25N7O5S/c1-26(2)27(25(38)39,34-20(36)11-21(34)40-26)33-24(37)22(17-6-4-3-5-7-17)32-19(35)14-31-23(30)18-9-15(12-28)8-16(10-18)13-29/h3-10,21-22H,11,14H2,1-2H3,(H2,30,31)(H,32,35)(H,33,37)(H,38,39)/t21-,22?,27+/m1/s1. The van der Waals surface area contributed by atoms with Crippen molar-refractivity contribution in [3.05, 3.63) is 70.8 Å². The molecule has 3 atom stereocenters. The second kappa shape index (κ2) is 10.7. The summed E-state index contributed by atoms with van der Waals surface area (Å²) < 4.78 is -1.07. The molecule has 2 aromatic rings. The molecule has 4 rings (SSSR count). The van der Waals surface area contributed by atoms with Crippen molar-refractivity contribution < 1.29 is 24.3 Å². The number of carbonyl (C=O) groups excluding carboxylic acids is 3. The van der Waals surface area contributed by atoms with Gasteiger partial charge in [-0.3, -0.25) is 24.3 Å². The molecule has 204 valence electrons. The number of fused-ring (bicyclic) bond motifs is 1. The maximum Gasteiger partial charge on any atom is 0.352 e. The van der Waals surface area contributed by atoms with Gasteiger partial charge in [-0.1, -0.05) is 30.3 Å². The highest BCUT2D eigenvalue weighted by Gasteiger charge is 2.70. The predicted molar refractivity (Wildman–Crippen MR) is 144 cm³/mol. The predicted octanol–water partition coefficient (Wildman–Crippen LogP) is 0.974. The van der Waals surface area contributed by atoms with E-state index in [0.717, 1.165) is 0 Å². The van der Waals surface area contributed by atoms with Gasteiger partial charge in [0.05, 0.1) is 39.8 Å². The molecule has 13 heteroatoms. The van der Waals surface area contributed by atoms with Gasteiger partial charge >= 0.3 is 5.97 Å². The van der Waals surface area contributed by atoms with Crippen LogP contribution in [0.1, 0.15) is 48.6 Å². The largest absolute Gasteiger partial charge is 0.478 e. The lowest BCUT2D eigenvalue weighted by Crippen LogP contribution is -2.75. The maximum atomic E-state index is 13.7. The minimum atomic E-state index is -2.03. The monoisotopic (exact) mass is 559 g/mol. The Bertz CT molecular complexity index is 1480. The zero-order chi connectivity index (χ0) is 29.2. The molecule has 0 spiro atoms. The lowest BCUT2D eigenvalue weighted by atomic mass is 9.89. The first-order chi connectivity index (χ1) is 18.9. The van der Waals surface area contributed by atoms with E-state index in [1.54, 1.807) is 44.2 Å². The Morgan fingerprint density at radius 3 is 2.35 bits per heavy atom. The Kier molecular flexibility index (Phi) is 7.53. The topological polar surface area (TPSA) is 202 Å². The Labute approximate surface area is 233 Å². The van der Waals surface area contributed by atoms with Crippen molar-refractivity contribution in [3.8, 4) is 12.1 Å². The van der Waals surface area contributed by atoms with Gasteiger partial charge in [-0.2, -0.15) is 10.5 Å². The van der Waals surface area contributed by atoms with Crippen molar-refractivity contribution in [2.75, 3.05) is 6.54 Å².